The second kappa shape index (κ2) is 13.2. The summed E-state index contributed by atoms with van der Waals surface area (Å²) in [5, 5.41) is 151. The van der Waals surface area contributed by atoms with E-state index in [1.165, 1.54) is 12.1 Å². The van der Waals surface area contributed by atoms with Gasteiger partial charge in [-0.05, 0) is 35.4 Å². The summed E-state index contributed by atoms with van der Waals surface area (Å²) < 4.78 is 18.2. The quantitative estimate of drug-likeness (QED) is 0.124. The molecule has 17 heteroatoms. The molecule has 17 nitrogen and oxygen atoms in total. The third kappa shape index (κ3) is 5.78. The fraction of sp³-hybridized carbons (Fsp3) is 0.333. The fourth-order valence-corrected chi connectivity index (χ4v) is 7.40. The van der Waals surface area contributed by atoms with E-state index in [-0.39, 0.29) is 40.0 Å². The van der Waals surface area contributed by atoms with Crippen molar-refractivity contribution >= 4 is 0 Å². The summed E-state index contributed by atoms with van der Waals surface area (Å²) >= 11 is 0. The van der Waals surface area contributed by atoms with Crippen LogP contribution >= 0.6 is 0 Å². The molecule has 7 rings (SSSR count). The molecule has 0 spiro atoms. The molecule has 0 radical (unpaired) electrons. The van der Waals surface area contributed by atoms with Gasteiger partial charge in [0.25, 0.3) is 0 Å². The number of benzene rings is 4. The van der Waals surface area contributed by atoms with E-state index in [1.54, 1.807) is 0 Å². The van der Waals surface area contributed by atoms with Crippen LogP contribution in [-0.4, -0.2) is 115 Å². The van der Waals surface area contributed by atoms with E-state index >= 15 is 0 Å². The highest BCUT2D eigenvalue weighted by Gasteiger charge is 2.51. The highest BCUT2D eigenvalue weighted by Crippen LogP contribution is 2.60. The van der Waals surface area contributed by atoms with E-state index < -0.39 is 125 Å². The van der Waals surface area contributed by atoms with Crippen molar-refractivity contribution in [2.45, 2.75) is 67.3 Å². The summed E-state index contributed by atoms with van der Waals surface area (Å²) in [4.78, 5) is 0. The van der Waals surface area contributed by atoms with E-state index in [1.807, 2.05) is 0 Å². The Morgan fingerprint density at radius 2 is 1.02 bits per heavy atom. The summed E-state index contributed by atoms with van der Waals surface area (Å²) in [6.45, 7) is -0.837. The predicted octanol–water partition coefficient (Wildman–Crippen LogP) is 0.510. The standard InChI is InChI=1S/C36H36O17/c37-10-23-28(47)30(49)31(50)36(51-23)26-21(45)9-20(44)25-27(29(48)33(53-35(25)26)12-2-4-15(39)18(42)6-12)24-19(43)8-16(40)13-7-22(46)32(52-34(13)24)11-1-3-14(38)17(41)5-11/h1-6,8-9,22-23,27-33,36-50H,7,10H2/t22-,23+,27-,28+,29+,30-,31+,32+,33+,36-/m0/s1. The third-order valence-electron chi connectivity index (χ3n) is 10.1. The van der Waals surface area contributed by atoms with Gasteiger partial charge in [-0.25, -0.2) is 0 Å². The number of phenols is 8. The average molecular weight is 741 g/mol. The van der Waals surface area contributed by atoms with E-state index in [9.17, 15) is 71.5 Å². The van der Waals surface area contributed by atoms with Gasteiger partial charge in [-0.1, -0.05) is 12.1 Å². The fourth-order valence-electron chi connectivity index (χ4n) is 7.40. The first-order valence-electron chi connectivity index (χ1n) is 16.3. The molecule has 53 heavy (non-hydrogen) atoms. The molecule has 3 aliphatic rings. The van der Waals surface area contributed by atoms with Crippen LogP contribution in [0.3, 0.4) is 0 Å². The van der Waals surface area contributed by atoms with Gasteiger partial charge in [0.05, 0.1) is 24.2 Å². The molecule has 10 atom stereocenters. The Morgan fingerprint density at radius 3 is 1.60 bits per heavy atom. The van der Waals surface area contributed by atoms with Crippen LogP contribution in [0.5, 0.6) is 57.5 Å². The smallest absolute Gasteiger partial charge is 0.157 e. The van der Waals surface area contributed by atoms with Gasteiger partial charge < -0.3 is 85.7 Å². The van der Waals surface area contributed by atoms with Crippen molar-refractivity contribution in [3.8, 4) is 57.5 Å². The predicted molar refractivity (Wildman–Crippen MR) is 176 cm³/mol. The first-order chi connectivity index (χ1) is 25.1. The lowest BCUT2D eigenvalue weighted by atomic mass is 9.76. The number of ether oxygens (including phenoxy) is 3. The van der Waals surface area contributed by atoms with Crippen molar-refractivity contribution in [2.24, 2.45) is 0 Å². The number of aliphatic hydroxyl groups is 6. The van der Waals surface area contributed by atoms with Gasteiger partial charge in [0.2, 0.25) is 0 Å². The van der Waals surface area contributed by atoms with Crippen LogP contribution in [0.15, 0.2) is 48.5 Å². The second-order valence-corrected chi connectivity index (χ2v) is 13.3. The normalized spacial score (nSPS) is 29.4. The number of aliphatic hydroxyl groups excluding tert-OH is 6. The molecular weight excluding hydrogens is 704 g/mol. The largest absolute Gasteiger partial charge is 0.507 e. The Hall–Kier alpha value is -5.40. The zero-order chi connectivity index (χ0) is 38.2. The Morgan fingerprint density at radius 1 is 0.491 bits per heavy atom. The first-order valence-corrected chi connectivity index (χ1v) is 16.3. The van der Waals surface area contributed by atoms with Crippen LogP contribution in [0.4, 0.5) is 0 Å². The molecule has 0 bridgehead atoms. The van der Waals surface area contributed by atoms with E-state index in [2.05, 4.69) is 0 Å². The molecule has 0 amide bonds. The SMILES string of the molecule is OC[C@H]1O[C@@H](c2c(O)cc(O)c3c2O[C@H](c2ccc(O)c(O)c2)[C@H](O)[C@H]3c2c(O)cc(O)c3c2O[C@H](c2ccc(O)c(O)c2)[C@@H](O)C3)[C@H](O)[C@@H](O)[C@@H]1O. The summed E-state index contributed by atoms with van der Waals surface area (Å²) in [5.74, 6) is -7.29. The van der Waals surface area contributed by atoms with Crippen LogP contribution < -0.4 is 9.47 Å². The van der Waals surface area contributed by atoms with Crippen molar-refractivity contribution in [1.29, 1.82) is 0 Å². The monoisotopic (exact) mass is 740 g/mol. The minimum atomic E-state index is -1.97. The number of fused-ring (bicyclic) bond motifs is 2. The molecule has 0 saturated carbocycles. The van der Waals surface area contributed by atoms with Crippen molar-refractivity contribution in [2.75, 3.05) is 6.61 Å². The van der Waals surface area contributed by atoms with Crippen LogP contribution in [0.25, 0.3) is 0 Å². The van der Waals surface area contributed by atoms with E-state index in [0.29, 0.717) is 0 Å². The van der Waals surface area contributed by atoms with Crippen molar-refractivity contribution < 1.29 is 85.7 Å². The highest BCUT2D eigenvalue weighted by atomic mass is 16.6. The van der Waals surface area contributed by atoms with Gasteiger partial charge in [-0.15, -0.1) is 0 Å². The molecule has 4 aromatic rings. The lowest BCUT2D eigenvalue weighted by Gasteiger charge is -2.44. The number of aromatic hydroxyl groups is 8. The molecule has 3 aliphatic heterocycles. The maximum atomic E-state index is 12.2. The molecule has 0 unspecified atom stereocenters. The Labute approximate surface area is 298 Å². The maximum Gasteiger partial charge on any atom is 0.157 e. The van der Waals surface area contributed by atoms with Crippen LogP contribution in [0.2, 0.25) is 0 Å². The maximum absolute atomic E-state index is 12.2. The van der Waals surface area contributed by atoms with Crippen LogP contribution in [0, 0.1) is 0 Å². The summed E-state index contributed by atoms with van der Waals surface area (Å²) in [7, 11) is 0. The van der Waals surface area contributed by atoms with Crippen LogP contribution in [0.1, 0.15) is 57.6 Å². The molecular formula is C36H36O17. The molecule has 0 aromatic heterocycles. The number of hydrogen-bond donors (Lipinski definition) is 14. The molecule has 0 aliphatic carbocycles. The molecule has 1 saturated heterocycles. The van der Waals surface area contributed by atoms with Crippen molar-refractivity contribution in [3.63, 3.8) is 0 Å². The van der Waals surface area contributed by atoms with E-state index in [0.717, 1.165) is 36.4 Å². The van der Waals surface area contributed by atoms with Gasteiger partial charge in [0.1, 0.15) is 77.2 Å². The van der Waals surface area contributed by atoms with E-state index in [4.69, 9.17) is 14.2 Å². The first kappa shape index (κ1) is 36.0. The van der Waals surface area contributed by atoms with Crippen LogP contribution in [-0.2, 0) is 11.2 Å². The van der Waals surface area contributed by atoms with Gasteiger partial charge in [-0.2, -0.15) is 0 Å². The molecule has 282 valence electrons. The lowest BCUT2D eigenvalue weighted by molar-refractivity contribution is -0.232. The molecule has 1 fully saturated rings. The Balaban J connectivity index is 1.48. The summed E-state index contributed by atoms with van der Waals surface area (Å²) in [5.41, 5.74) is -0.944. The van der Waals surface area contributed by atoms with Gasteiger partial charge >= 0.3 is 0 Å². The zero-order valence-corrected chi connectivity index (χ0v) is 27.3. The summed E-state index contributed by atoms with van der Waals surface area (Å²) in [6.07, 6.45) is -15.3. The zero-order valence-electron chi connectivity index (χ0n) is 27.3. The Kier molecular flexibility index (Phi) is 8.98. The lowest BCUT2D eigenvalue weighted by Crippen LogP contribution is -2.55. The average Bonchev–Trinajstić information content (AvgIpc) is 3.11. The second-order valence-electron chi connectivity index (χ2n) is 13.3. The molecule has 14 N–H and O–H groups in total. The number of phenolic OH excluding ortho intramolecular Hbond substituents is 8. The molecule has 4 aromatic carbocycles. The highest BCUT2D eigenvalue weighted by molar-refractivity contribution is 5.68. The van der Waals surface area contributed by atoms with Gasteiger partial charge in [-0.3, -0.25) is 0 Å². The van der Waals surface area contributed by atoms with Crippen molar-refractivity contribution in [3.05, 3.63) is 81.9 Å². The number of hydrogen-bond acceptors (Lipinski definition) is 17. The van der Waals surface area contributed by atoms with Crippen molar-refractivity contribution in [1.82, 2.24) is 0 Å². The third-order valence-corrected chi connectivity index (χ3v) is 10.1. The summed E-state index contributed by atoms with van der Waals surface area (Å²) in [6, 6.07) is 8.76. The minimum Gasteiger partial charge on any atom is -0.507 e. The van der Waals surface area contributed by atoms with Gasteiger partial charge in [0.15, 0.2) is 29.1 Å². The Bertz CT molecular complexity index is 2070. The topological polar surface area (TPSA) is 311 Å². The minimum absolute atomic E-state index is 0.00644. The molecule has 3 heterocycles. The van der Waals surface area contributed by atoms with Gasteiger partial charge in [0, 0.05) is 35.2 Å². The number of rotatable bonds is 5.